The molecule has 1 heteroatoms. The first-order valence-corrected chi connectivity index (χ1v) is 7.42. The Bertz CT molecular complexity index is 332. The van der Waals surface area contributed by atoms with Crippen LogP contribution in [0.3, 0.4) is 0 Å². The maximum Gasteiger partial charge on any atom is -0.00173 e. The predicted octanol–water partition coefficient (Wildman–Crippen LogP) is 4.20. The Hall–Kier alpha value is -0.820. The highest BCUT2D eigenvalue weighted by Crippen LogP contribution is 2.20. The number of hydrogen-bond donors (Lipinski definition) is 1. The first-order valence-electron chi connectivity index (χ1n) is 7.42. The van der Waals surface area contributed by atoms with Gasteiger partial charge in [-0.2, -0.15) is 0 Å². The second-order valence-corrected chi connectivity index (χ2v) is 5.55. The molecule has 1 aromatic rings. The zero-order valence-corrected chi connectivity index (χ0v) is 12.5. The van der Waals surface area contributed by atoms with Crippen LogP contribution in [0.4, 0.5) is 0 Å². The molecule has 1 N–H and O–H groups in total. The first kappa shape index (κ1) is 15.2. The maximum atomic E-state index is 3.52. The van der Waals surface area contributed by atoms with Gasteiger partial charge in [0.2, 0.25) is 0 Å². The van der Waals surface area contributed by atoms with Gasteiger partial charge in [-0.25, -0.2) is 0 Å². The van der Waals surface area contributed by atoms with Crippen LogP contribution < -0.4 is 5.32 Å². The SMILES string of the molecule is CCNCC(Cc1ccccc1C)CC(C)CC. The van der Waals surface area contributed by atoms with Crippen molar-refractivity contribution in [3.63, 3.8) is 0 Å². The second-order valence-electron chi connectivity index (χ2n) is 5.55. The van der Waals surface area contributed by atoms with Gasteiger partial charge in [-0.15, -0.1) is 0 Å². The van der Waals surface area contributed by atoms with Crippen LogP contribution in [0.15, 0.2) is 24.3 Å². The Morgan fingerprint density at radius 1 is 1.17 bits per heavy atom. The molecule has 0 amide bonds. The third-order valence-corrected chi connectivity index (χ3v) is 3.89. The van der Waals surface area contributed by atoms with Crippen molar-refractivity contribution in [2.24, 2.45) is 11.8 Å². The van der Waals surface area contributed by atoms with E-state index in [-0.39, 0.29) is 0 Å². The van der Waals surface area contributed by atoms with Crippen LogP contribution in [0.5, 0.6) is 0 Å². The summed E-state index contributed by atoms with van der Waals surface area (Å²) in [5.74, 6) is 1.60. The van der Waals surface area contributed by atoms with E-state index in [1.54, 1.807) is 0 Å². The van der Waals surface area contributed by atoms with Crippen molar-refractivity contribution < 1.29 is 0 Å². The van der Waals surface area contributed by atoms with Crippen molar-refractivity contribution >= 4 is 0 Å². The summed E-state index contributed by atoms with van der Waals surface area (Å²) in [4.78, 5) is 0. The first-order chi connectivity index (χ1) is 8.67. The van der Waals surface area contributed by atoms with E-state index >= 15 is 0 Å². The lowest BCUT2D eigenvalue weighted by Gasteiger charge is -2.21. The van der Waals surface area contributed by atoms with Crippen LogP contribution in [0.25, 0.3) is 0 Å². The topological polar surface area (TPSA) is 12.0 Å². The van der Waals surface area contributed by atoms with Gasteiger partial charge < -0.3 is 5.32 Å². The quantitative estimate of drug-likeness (QED) is 0.726. The summed E-state index contributed by atoms with van der Waals surface area (Å²) in [6.07, 6.45) is 3.83. The van der Waals surface area contributed by atoms with E-state index < -0.39 is 0 Å². The molecule has 102 valence electrons. The molecule has 0 fully saturated rings. The van der Waals surface area contributed by atoms with Gasteiger partial charge in [0.05, 0.1) is 0 Å². The van der Waals surface area contributed by atoms with Gasteiger partial charge in [0, 0.05) is 0 Å². The van der Waals surface area contributed by atoms with Gasteiger partial charge >= 0.3 is 0 Å². The fourth-order valence-corrected chi connectivity index (χ4v) is 2.47. The van der Waals surface area contributed by atoms with Crippen molar-refractivity contribution in [1.29, 1.82) is 0 Å². The van der Waals surface area contributed by atoms with Crippen LogP contribution in [0.2, 0.25) is 0 Å². The minimum absolute atomic E-state index is 0.765. The number of benzene rings is 1. The normalized spacial score (nSPS) is 14.4. The van der Waals surface area contributed by atoms with Crippen LogP contribution >= 0.6 is 0 Å². The van der Waals surface area contributed by atoms with E-state index in [9.17, 15) is 0 Å². The second kappa shape index (κ2) is 8.31. The molecule has 0 saturated heterocycles. The summed E-state index contributed by atoms with van der Waals surface area (Å²) >= 11 is 0. The van der Waals surface area contributed by atoms with Crippen LogP contribution in [0.1, 0.15) is 44.7 Å². The van der Waals surface area contributed by atoms with E-state index in [1.807, 2.05) is 0 Å². The highest BCUT2D eigenvalue weighted by atomic mass is 14.8. The summed E-state index contributed by atoms with van der Waals surface area (Å²) < 4.78 is 0. The molecule has 0 heterocycles. The molecule has 2 unspecified atom stereocenters. The summed E-state index contributed by atoms with van der Waals surface area (Å²) in [6, 6.07) is 8.80. The number of aryl methyl sites for hydroxylation is 1. The number of rotatable bonds is 8. The standard InChI is InChI=1S/C17H29N/c1-5-14(3)11-16(13-18-6-2)12-17-10-8-7-9-15(17)4/h7-10,14,16,18H,5-6,11-13H2,1-4H3. The van der Waals surface area contributed by atoms with E-state index in [2.05, 4.69) is 57.3 Å². The Morgan fingerprint density at radius 3 is 2.50 bits per heavy atom. The molecule has 0 saturated carbocycles. The lowest BCUT2D eigenvalue weighted by atomic mass is 9.88. The Labute approximate surface area is 113 Å². The van der Waals surface area contributed by atoms with Crippen LogP contribution in [-0.2, 0) is 6.42 Å². The molecule has 0 aliphatic heterocycles. The molecule has 1 aromatic carbocycles. The molecule has 0 spiro atoms. The predicted molar refractivity (Wildman–Crippen MR) is 81.0 cm³/mol. The molecular weight excluding hydrogens is 218 g/mol. The molecule has 1 nitrogen and oxygen atoms in total. The highest BCUT2D eigenvalue weighted by molar-refractivity contribution is 5.25. The van der Waals surface area contributed by atoms with Gasteiger partial charge in [0.1, 0.15) is 0 Å². The Kier molecular flexibility index (Phi) is 7.04. The summed E-state index contributed by atoms with van der Waals surface area (Å²) in [5.41, 5.74) is 2.95. The fourth-order valence-electron chi connectivity index (χ4n) is 2.47. The monoisotopic (exact) mass is 247 g/mol. The zero-order chi connectivity index (χ0) is 13.4. The van der Waals surface area contributed by atoms with E-state index in [4.69, 9.17) is 0 Å². The van der Waals surface area contributed by atoms with Gasteiger partial charge in [0.15, 0.2) is 0 Å². The average Bonchev–Trinajstić information content (AvgIpc) is 2.38. The van der Waals surface area contributed by atoms with Crippen molar-refractivity contribution in [3.8, 4) is 0 Å². The Balaban J connectivity index is 2.62. The molecule has 18 heavy (non-hydrogen) atoms. The van der Waals surface area contributed by atoms with Gasteiger partial charge in [-0.05, 0) is 55.8 Å². The molecule has 1 rings (SSSR count). The lowest BCUT2D eigenvalue weighted by molar-refractivity contribution is 0.365. The average molecular weight is 247 g/mol. The van der Waals surface area contributed by atoms with Gasteiger partial charge in [-0.3, -0.25) is 0 Å². The summed E-state index contributed by atoms with van der Waals surface area (Å²) in [6.45, 7) is 11.3. The molecule has 2 atom stereocenters. The third kappa shape index (κ3) is 5.22. The largest absolute Gasteiger partial charge is 0.317 e. The molecule has 0 radical (unpaired) electrons. The van der Waals surface area contributed by atoms with E-state index in [0.29, 0.717) is 0 Å². The highest BCUT2D eigenvalue weighted by Gasteiger charge is 2.13. The molecule has 0 aliphatic rings. The lowest BCUT2D eigenvalue weighted by Crippen LogP contribution is -2.25. The van der Waals surface area contributed by atoms with E-state index in [0.717, 1.165) is 24.9 Å². The fraction of sp³-hybridized carbons (Fsp3) is 0.647. The molecule has 0 aliphatic carbocycles. The maximum absolute atomic E-state index is 3.52. The van der Waals surface area contributed by atoms with Crippen molar-refractivity contribution in [2.45, 2.75) is 47.0 Å². The Morgan fingerprint density at radius 2 is 1.89 bits per heavy atom. The minimum atomic E-state index is 0.765. The molecular formula is C17H29N. The zero-order valence-electron chi connectivity index (χ0n) is 12.5. The summed E-state index contributed by atoms with van der Waals surface area (Å²) in [5, 5.41) is 3.52. The minimum Gasteiger partial charge on any atom is -0.317 e. The summed E-state index contributed by atoms with van der Waals surface area (Å²) in [7, 11) is 0. The van der Waals surface area contributed by atoms with Gasteiger partial charge in [0.25, 0.3) is 0 Å². The molecule has 0 bridgehead atoms. The smallest absolute Gasteiger partial charge is 0.00173 e. The van der Waals surface area contributed by atoms with Crippen LogP contribution in [-0.4, -0.2) is 13.1 Å². The third-order valence-electron chi connectivity index (χ3n) is 3.89. The van der Waals surface area contributed by atoms with Crippen molar-refractivity contribution in [1.82, 2.24) is 5.32 Å². The number of hydrogen-bond acceptors (Lipinski definition) is 1. The van der Waals surface area contributed by atoms with Crippen LogP contribution in [0, 0.1) is 18.8 Å². The van der Waals surface area contributed by atoms with Gasteiger partial charge in [-0.1, -0.05) is 51.5 Å². The molecule has 0 aromatic heterocycles. The van der Waals surface area contributed by atoms with Crippen molar-refractivity contribution in [2.75, 3.05) is 13.1 Å². The van der Waals surface area contributed by atoms with Crippen molar-refractivity contribution in [3.05, 3.63) is 35.4 Å². The number of nitrogens with one attached hydrogen (secondary N) is 1. The van der Waals surface area contributed by atoms with E-state index in [1.165, 1.54) is 30.4 Å².